The van der Waals surface area contributed by atoms with Gasteiger partial charge in [-0.2, -0.15) is 0 Å². The van der Waals surface area contributed by atoms with Crippen LogP contribution in [0.15, 0.2) is 18.2 Å². The molecule has 17 heavy (non-hydrogen) atoms. The molecule has 2 unspecified atom stereocenters. The van der Waals surface area contributed by atoms with Crippen LogP contribution in [-0.4, -0.2) is 18.1 Å². The summed E-state index contributed by atoms with van der Waals surface area (Å²) in [5, 5.41) is 12.1. The van der Waals surface area contributed by atoms with Gasteiger partial charge in [0.1, 0.15) is 5.82 Å². The Morgan fingerprint density at radius 1 is 1.53 bits per heavy atom. The summed E-state index contributed by atoms with van der Waals surface area (Å²) in [5.74, 6) is -1.62. The number of rotatable bonds is 5. The van der Waals surface area contributed by atoms with E-state index in [9.17, 15) is 9.18 Å². The molecule has 0 heterocycles. The van der Waals surface area contributed by atoms with E-state index in [2.05, 4.69) is 5.32 Å². The standard InChI is InChI=1S/C13H18FNO2/c1-4-10(13(16)17)12(15-3)9-5-6-11(14)8(2)7-9/h5-7,10,12,15H,4H2,1-3H3,(H,16,17). The van der Waals surface area contributed by atoms with Gasteiger partial charge in [0.15, 0.2) is 0 Å². The van der Waals surface area contributed by atoms with Crippen LogP contribution in [0.2, 0.25) is 0 Å². The largest absolute Gasteiger partial charge is 0.481 e. The Morgan fingerprint density at radius 3 is 2.59 bits per heavy atom. The van der Waals surface area contributed by atoms with Crippen molar-refractivity contribution < 1.29 is 14.3 Å². The average Bonchev–Trinajstić information content (AvgIpc) is 2.29. The van der Waals surface area contributed by atoms with Gasteiger partial charge in [0.2, 0.25) is 0 Å². The molecule has 0 saturated carbocycles. The Balaban J connectivity index is 3.08. The third kappa shape index (κ3) is 3.03. The van der Waals surface area contributed by atoms with Gasteiger partial charge in [0, 0.05) is 6.04 Å². The van der Waals surface area contributed by atoms with Crippen molar-refractivity contribution in [2.24, 2.45) is 5.92 Å². The van der Waals surface area contributed by atoms with E-state index in [1.54, 1.807) is 26.1 Å². The lowest BCUT2D eigenvalue weighted by atomic mass is 9.90. The van der Waals surface area contributed by atoms with Crippen LogP contribution in [0.1, 0.15) is 30.5 Å². The summed E-state index contributed by atoms with van der Waals surface area (Å²) in [7, 11) is 1.72. The number of benzene rings is 1. The summed E-state index contributed by atoms with van der Waals surface area (Å²) in [6, 6.07) is 4.41. The van der Waals surface area contributed by atoms with Gasteiger partial charge in [-0.3, -0.25) is 4.79 Å². The van der Waals surface area contributed by atoms with Crippen molar-refractivity contribution in [2.45, 2.75) is 26.3 Å². The normalized spacial score (nSPS) is 14.4. The molecular formula is C13H18FNO2. The summed E-state index contributed by atoms with van der Waals surface area (Å²) >= 11 is 0. The van der Waals surface area contributed by atoms with E-state index < -0.39 is 11.9 Å². The van der Waals surface area contributed by atoms with Gasteiger partial charge in [-0.05, 0) is 37.6 Å². The molecule has 0 aliphatic rings. The highest BCUT2D eigenvalue weighted by atomic mass is 19.1. The molecule has 0 saturated heterocycles. The molecule has 0 fully saturated rings. The van der Waals surface area contributed by atoms with Gasteiger partial charge in [-0.15, -0.1) is 0 Å². The van der Waals surface area contributed by atoms with Crippen molar-refractivity contribution >= 4 is 5.97 Å². The molecule has 94 valence electrons. The first-order chi connectivity index (χ1) is 8.01. The number of carbonyl (C=O) groups is 1. The third-order valence-corrected chi connectivity index (χ3v) is 3.01. The highest BCUT2D eigenvalue weighted by molar-refractivity contribution is 5.71. The minimum Gasteiger partial charge on any atom is -0.481 e. The molecule has 0 aliphatic heterocycles. The maximum Gasteiger partial charge on any atom is 0.308 e. The lowest BCUT2D eigenvalue weighted by Crippen LogP contribution is -2.30. The SMILES string of the molecule is CCC(C(=O)O)C(NC)c1ccc(F)c(C)c1. The Hall–Kier alpha value is -1.42. The Morgan fingerprint density at radius 2 is 2.18 bits per heavy atom. The van der Waals surface area contributed by atoms with E-state index in [1.165, 1.54) is 6.07 Å². The minimum atomic E-state index is -0.839. The number of hydrogen-bond donors (Lipinski definition) is 2. The highest BCUT2D eigenvalue weighted by Gasteiger charge is 2.26. The molecule has 0 amide bonds. The molecular weight excluding hydrogens is 221 g/mol. The smallest absolute Gasteiger partial charge is 0.308 e. The van der Waals surface area contributed by atoms with Crippen LogP contribution < -0.4 is 5.32 Å². The zero-order chi connectivity index (χ0) is 13.0. The van der Waals surface area contributed by atoms with E-state index in [1.807, 2.05) is 6.92 Å². The van der Waals surface area contributed by atoms with Crippen LogP contribution in [0.5, 0.6) is 0 Å². The molecule has 1 rings (SSSR count). The van der Waals surface area contributed by atoms with Gasteiger partial charge in [-0.25, -0.2) is 4.39 Å². The zero-order valence-electron chi connectivity index (χ0n) is 10.3. The molecule has 2 atom stereocenters. The fraction of sp³-hybridized carbons (Fsp3) is 0.462. The van der Waals surface area contributed by atoms with E-state index in [0.717, 1.165) is 5.56 Å². The van der Waals surface area contributed by atoms with Crippen molar-refractivity contribution in [3.05, 3.63) is 35.1 Å². The summed E-state index contributed by atoms with van der Waals surface area (Å²) in [4.78, 5) is 11.1. The van der Waals surface area contributed by atoms with Crippen molar-refractivity contribution in [1.82, 2.24) is 5.32 Å². The summed E-state index contributed by atoms with van der Waals surface area (Å²) in [5.41, 5.74) is 1.34. The van der Waals surface area contributed by atoms with Gasteiger partial charge < -0.3 is 10.4 Å². The van der Waals surface area contributed by atoms with Crippen LogP contribution in [0.25, 0.3) is 0 Å². The molecule has 0 radical (unpaired) electrons. The van der Waals surface area contributed by atoms with E-state index >= 15 is 0 Å². The van der Waals surface area contributed by atoms with Gasteiger partial charge in [0.05, 0.1) is 5.92 Å². The first kappa shape index (κ1) is 13.6. The van der Waals surface area contributed by atoms with Crippen LogP contribution in [0.4, 0.5) is 4.39 Å². The fourth-order valence-corrected chi connectivity index (χ4v) is 2.01. The Kier molecular flexibility index (Phi) is 4.63. The summed E-state index contributed by atoms with van der Waals surface area (Å²) in [6.45, 7) is 3.51. The van der Waals surface area contributed by atoms with Gasteiger partial charge >= 0.3 is 5.97 Å². The predicted molar refractivity (Wildman–Crippen MR) is 64.4 cm³/mol. The number of hydrogen-bond acceptors (Lipinski definition) is 2. The van der Waals surface area contributed by atoms with Crippen LogP contribution in [-0.2, 0) is 4.79 Å². The number of aliphatic carboxylic acids is 1. The molecule has 0 bridgehead atoms. The molecule has 0 aromatic heterocycles. The fourth-order valence-electron chi connectivity index (χ4n) is 2.01. The lowest BCUT2D eigenvalue weighted by molar-refractivity contribution is -0.143. The number of carboxylic acid groups (broad SMARTS) is 1. The molecule has 0 spiro atoms. The van der Waals surface area contributed by atoms with Crippen molar-refractivity contribution in [3.8, 4) is 0 Å². The van der Waals surface area contributed by atoms with E-state index in [4.69, 9.17) is 5.11 Å². The Bertz CT molecular complexity index is 406. The second-order valence-corrected chi connectivity index (χ2v) is 4.13. The number of halogens is 1. The van der Waals surface area contributed by atoms with Crippen LogP contribution in [0, 0.1) is 18.7 Å². The van der Waals surface area contributed by atoms with Gasteiger partial charge in [-0.1, -0.05) is 19.1 Å². The maximum atomic E-state index is 13.2. The van der Waals surface area contributed by atoms with E-state index in [0.29, 0.717) is 12.0 Å². The predicted octanol–water partition coefficient (Wildman–Crippen LogP) is 2.51. The van der Waals surface area contributed by atoms with Crippen LogP contribution >= 0.6 is 0 Å². The second-order valence-electron chi connectivity index (χ2n) is 4.13. The lowest BCUT2D eigenvalue weighted by Gasteiger charge is -2.23. The number of carboxylic acids is 1. The Labute approximate surface area is 101 Å². The molecule has 1 aromatic rings. The highest BCUT2D eigenvalue weighted by Crippen LogP contribution is 2.26. The molecule has 4 heteroatoms. The van der Waals surface area contributed by atoms with Crippen molar-refractivity contribution in [1.29, 1.82) is 0 Å². The molecule has 3 nitrogen and oxygen atoms in total. The monoisotopic (exact) mass is 239 g/mol. The molecule has 2 N–H and O–H groups in total. The quantitative estimate of drug-likeness (QED) is 0.830. The molecule has 1 aromatic carbocycles. The second kappa shape index (κ2) is 5.77. The van der Waals surface area contributed by atoms with Crippen molar-refractivity contribution in [2.75, 3.05) is 7.05 Å². The van der Waals surface area contributed by atoms with Crippen LogP contribution in [0.3, 0.4) is 0 Å². The zero-order valence-corrected chi connectivity index (χ0v) is 10.3. The van der Waals surface area contributed by atoms with Crippen molar-refractivity contribution in [3.63, 3.8) is 0 Å². The summed E-state index contributed by atoms with van der Waals surface area (Å²) in [6.07, 6.45) is 0.525. The molecule has 0 aliphatic carbocycles. The summed E-state index contributed by atoms with van der Waals surface area (Å²) < 4.78 is 13.2. The maximum absolute atomic E-state index is 13.2. The first-order valence-electron chi connectivity index (χ1n) is 5.67. The number of aryl methyl sites for hydroxylation is 1. The number of nitrogens with one attached hydrogen (secondary N) is 1. The topological polar surface area (TPSA) is 49.3 Å². The third-order valence-electron chi connectivity index (χ3n) is 3.01. The van der Waals surface area contributed by atoms with Gasteiger partial charge in [0.25, 0.3) is 0 Å². The van der Waals surface area contributed by atoms with E-state index in [-0.39, 0.29) is 11.9 Å². The minimum absolute atomic E-state index is 0.271. The average molecular weight is 239 g/mol. The first-order valence-corrected chi connectivity index (χ1v) is 5.67.